The number of nitrogens with zero attached hydrogens (tertiary/aromatic N) is 2. The van der Waals surface area contributed by atoms with Crippen molar-refractivity contribution in [1.82, 2.24) is 9.55 Å². The van der Waals surface area contributed by atoms with E-state index in [-0.39, 0.29) is 5.75 Å². The molecular weight excluding hydrogens is 218 g/mol. The first kappa shape index (κ1) is 9.94. The second-order valence-electron chi connectivity index (χ2n) is 3.05. The van der Waals surface area contributed by atoms with E-state index in [4.69, 9.17) is 5.14 Å². The van der Waals surface area contributed by atoms with Crippen LogP contribution in [0.15, 0.2) is 24.5 Å². The van der Waals surface area contributed by atoms with E-state index in [9.17, 15) is 8.42 Å². The topological polar surface area (TPSA) is 87.2 Å². The fourth-order valence-electron chi connectivity index (χ4n) is 1.37. The lowest BCUT2D eigenvalue weighted by Gasteiger charge is -1.98. The number of hydrogen-bond donors (Lipinski definition) is 1. The van der Waals surface area contributed by atoms with Gasteiger partial charge in [-0.2, -0.15) is 13.6 Å². The molecule has 2 heterocycles. The van der Waals surface area contributed by atoms with Gasteiger partial charge < -0.3 is 8.75 Å². The third-order valence-corrected chi connectivity index (χ3v) is 2.31. The van der Waals surface area contributed by atoms with Gasteiger partial charge in [-0.1, -0.05) is 0 Å². The van der Waals surface area contributed by atoms with Gasteiger partial charge in [0, 0.05) is 19.4 Å². The average molecular weight is 227 g/mol. The number of nitrogens with two attached hydrogens (primary N) is 1. The lowest BCUT2D eigenvalue weighted by Crippen LogP contribution is -2.18. The van der Waals surface area contributed by atoms with Crippen molar-refractivity contribution in [2.45, 2.75) is 0 Å². The van der Waals surface area contributed by atoms with E-state index in [0.29, 0.717) is 11.0 Å². The molecule has 0 bridgehead atoms. The number of aryl methyl sites for hydroxylation is 1. The molecule has 0 saturated carbocycles. The monoisotopic (exact) mass is 227 g/mol. The number of pyridine rings is 1. The van der Waals surface area contributed by atoms with E-state index in [1.807, 2.05) is 0 Å². The SMILES string of the molecule is Cn1cc(OS(N)(=O)=O)c2cccnc21. The smallest absolute Gasteiger partial charge is 0.369 e. The summed E-state index contributed by atoms with van der Waals surface area (Å²) in [4.78, 5) is 4.08. The maximum absolute atomic E-state index is 10.8. The van der Waals surface area contributed by atoms with Gasteiger partial charge in [-0.3, -0.25) is 0 Å². The van der Waals surface area contributed by atoms with Gasteiger partial charge in [-0.15, -0.1) is 0 Å². The minimum atomic E-state index is -4.00. The van der Waals surface area contributed by atoms with Crippen molar-refractivity contribution in [3.8, 4) is 5.75 Å². The molecule has 0 unspecified atom stereocenters. The normalized spacial score (nSPS) is 11.9. The second-order valence-corrected chi connectivity index (χ2v) is 4.21. The molecule has 2 rings (SSSR count). The van der Waals surface area contributed by atoms with Crippen molar-refractivity contribution in [2.24, 2.45) is 12.2 Å². The summed E-state index contributed by atoms with van der Waals surface area (Å²) < 4.78 is 27.8. The molecule has 0 aliphatic rings. The van der Waals surface area contributed by atoms with Gasteiger partial charge in [0.2, 0.25) is 0 Å². The fraction of sp³-hybridized carbons (Fsp3) is 0.125. The van der Waals surface area contributed by atoms with Crippen LogP contribution in [0.1, 0.15) is 0 Å². The molecule has 7 heteroatoms. The van der Waals surface area contributed by atoms with Crippen molar-refractivity contribution in [2.75, 3.05) is 0 Å². The predicted molar refractivity (Wildman–Crippen MR) is 54.4 cm³/mol. The van der Waals surface area contributed by atoms with E-state index in [2.05, 4.69) is 9.17 Å². The standard InChI is InChI=1S/C8H9N3O3S/c1-11-5-7(14-15(9,12)13)6-3-2-4-10-8(6)11/h2-5H,1H3,(H2,9,12,13). The molecule has 0 atom stereocenters. The molecule has 0 amide bonds. The molecule has 0 aliphatic heterocycles. The zero-order chi connectivity index (χ0) is 11.1. The summed E-state index contributed by atoms with van der Waals surface area (Å²) in [5.74, 6) is 0.183. The molecule has 2 aromatic heterocycles. The predicted octanol–water partition coefficient (Wildman–Crippen LogP) is 0.156. The first-order chi connectivity index (χ1) is 6.97. The van der Waals surface area contributed by atoms with Crippen LogP contribution in [0, 0.1) is 0 Å². The third-order valence-electron chi connectivity index (χ3n) is 1.90. The highest BCUT2D eigenvalue weighted by molar-refractivity contribution is 7.84. The van der Waals surface area contributed by atoms with Gasteiger partial charge in [0.25, 0.3) is 0 Å². The maximum Gasteiger partial charge on any atom is 0.380 e. The Bertz CT molecular complexity index is 603. The summed E-state index contributed by atoms with van der Waals surface area (Å²) in [5, 5.41) is 5.39. The molecule has 80 valence electrons. The summed E-state index contributed by atoms with van der Waals surface area (Å²) in [7, 11) is -2.26. The first-order valence-corrected chi connectivity index (χ1v) is 5.57. The van der Waals surface area contributed by atoms with E-state index >= 15 is 0 Å². The van der Waals surface area contributed by atoms with Crippen molar-refractivity contribution >= 4 is 21.3 Å². The van der Waals surface area contributed by atoms with Crippen LogP contribution < -0.4 is 9.32 Å². The van der Waals surface area contributed by atoms with Gasteiger partial charge in [-0.25, -0.2) is 4.98 Å². The van der Waals surface area contributed by atoms with Gasteiger partial charge in [0.1, 0.15) is 5.65 Å². The number of hydrogen-bond acceptors (Lipinski definition) is 4. The van der Waals surface area contributed by atoms with Crippen molar-refractivity contribution < 1.29 is 12.6 Å². The summed E-state index contributed by atoms with van der Waals surface area (Å²) in [5.41, 5.74) is 0.635. The minimum Gasteiger partial charge on any atom is -0.369 e. The van der Waals surface area contributed by atoms with Crippen LogP contribution in [0.2, 0.25) is 0 Å². The molecule has 2 N–H and O–H groups in total. The Kier molecular flexibility index (Phi) is 2.13. The van der Waals surface area contributed by atoms with Gasteiger partial charge >= 0.3 is 10.3 Å². The Morgan fingerprint density at radius 3 is 2.93 bits per heavy atom. The summed E-state index contributed by atoms with van der Waals surface area (Å²) in [6, 6.07) is 3.40. The lowest BCUT2D eigenvalue weighted by atomic mass is 10.3. The lowest BCUT2D eigenvalue weighted by molar-refractivity contribution is 0.489. The Morgan fingerprint density at radius 2 is 2.27 bits per heavy atom. The Labute approximate surface area is 86.5 Å². The fourth-order valence-corrected chi connectivity index (χ4v) is 1.75. The van der Waals surface area contributed by atoms with Crippen molar-refractivity contribution in [1.29, 1.82) is 0 Å². The van der Waals surface area contributed by atoms with Crippen LogP contribution >= 0.6 is 0 Å². The van der Waals surface area contributed by atoms with Crippen LogP contribution in [0.5, 0.6) is 5.75 Å². The average Bonchev–Trinajstić information content (AvgIpc) is 2.42. The second kappa shape index (κ2) is 3.21. The molecule has 0 saturated heterocycles. The van der Waals surface area contributed by atoms with E-state index in [1.54, 1.807) is 29.9 Å². The number of rotatable bonds is 2. The highest BCUT2D eigenvalue weighted by atomic mass is 32.2. The Hall–Kier alpha value is -1.60. The molecule has 0 spiro atoms. The van der Waals surface area contributed by atoms with Crippen LogP contribution in [0.4, 0.5) is 0 Å². The van der Waals surface area contributed by atoms with E-state index in [0.717, 1.165) is 0 Å². The highest BCUT2D eigenvalue weighted by Crippen LogP contribution is 2.26. The largest absolute Gasteiger partial charge is 0.380 e. The van der Waals surface area contributed by atoms with Gasteiger partial charge in [-0.05, 0) is 12.1 Å². The van der Waals surface area contributed by atoms with Crippen LogP contribution in [-0.2, 0) is 17.4 Å². The molecular formula is C8H9N3O3S. The quantitative estimate of drug-likeness (QED) is 0.791. The summed E-state index contributed by atoms with van der Waals surface area (Å²) >= 11 is 0. The maximum atomic E-state index is 10.8. The van der Waals surface area contributed by atoms with Gasteiger partial charge in [0.05, 0.1) is 5.39 Å². The van der Waals surface area contributed by atoms with Crippen LogP contribution in [0.25, 0.3) is 11.0 Å². The minimum absolute atomic E-state index is 0.183. The van der Waals surface area contributed by atoms with Crippen molar-refractivity contribution in [3.63, 3.8) is 0 Å². The molecule has 2 aromatic rings. The Balaban J connectivity index is 2.62. The summed E-state index contributed by atoms with van der Waals surface area (Å²) in [6.07, 6.45) is 3.13. The zero-order valence-electron chi connectivity index (χ0n) is 7.91. The number of aromatic nitrogens is 2. The summed E-state index contributed by atoms with van der Waals surface area (Å²) in [6.45, 7) is 0. The number of fused-ring (bicyclic) bond motifs is 1. The van der Waals surface area contributed by atoms with Crippen LogP contribution in [-0.4, -0.2) is 18.0 Å². The molecule has 0 aliphatic carbocycles. The van der Waals surface area contributed by atoms with E-state index < -0.39 is 10.3 Å². The third kappa shape index (κ3) is 1.92. The highest BCUT2D eigenvalue weighted by Gasteiger charge is 2.12. The van der Waals surface area contributed by atoms with Gasteiger partial charge in [0.15, 0.2) is 5.75 Å². The first-order valence-electron chi connectivity index (χ1n) is 4.09. The molecule has 0 radical (unpaired) electrons. The van der Waals surface area contributed by atoms with Crippen LogP contribution in [0.3, 0.4) is 0 Å². The molecule has 15 heavy (non-hydrogen) atoms. The molecule has 0 aromatic carbocycles. The zero-order valence-corrected chi connectivity index (χ0v) is 8.73. The molecule has 6 nitrogen and oxygen atoms in total. The molecule has 0 fully saturated rings. The van der Waals surface area contributed by atoms with E-state index in [1.165, 1.54) is 6.20 Å². The Morgan fingerprint density at radius 1 is 1.53 bits per heavy atom. The van der Waals surface area contributed by atoms with Crippen molar-refractivity contribution in [3.05, 3.63) is 24.5 Å².